The minimum Gasteiger partial charge on any atom is -0.306 e. The molecule has 40 heavy (non-hydrogen) atoms. The Morgan fingerprint density at radius 2 is 2.10 bits per heavy atom. The van der Waals surface area contributed by atoms with Crippen LogP contribution < -0.4 is 5.43 Å². The van der Waals surface area contributed by atoms with Gasteiger partial charge in [-0.2, -0.15) is 5.10 Å². The van der Waals surface area contributed by atoms with Crippen molar-refractivity contribution in [3.8, 4) is 0 Å². The first-order chi connectivity index (χ1) is 19.6. The van der Waals surface area contributed by atoms with Crippen LogP contribution in [-0.4, -0.2) is 53.6 Å². The fourth-order valence-electron chi connectivity index (χ4n) is 6.72. The number of imidazole rings is 1. The first kappa shape index (κ1) is 23.7. The number of pyridine rings is 1. The first-order valence-electron chi connectivity index (χ1n) is 14.2. The number of likely N-dealkylation sites (tertiary alicyclic amines) is 1. The number of benzene rings is 1. The van der Waals surface area contributed by atoms with E-state index in [0.29, 0.717) is 12.5 Å². The Bertz CT molecular complexity index is 1710. The molecular formula is C31H31FN8. The second kappa shape index (κ2) is 8.96. The lowest BCUT2D eigenvalue weighted by molar-refractivity contribution is 0.259. The Kier molecular flexibility index (Phi) is 5.32. The molecule has 0 radical (unpaired) electrons. The highest BCUT2D eigenvalue weighted by molar-refractivity contribution is 6.17. The van der Waals surface area contributed by atoms with Gasteiger partial charge in [-0.25, -0.2) is 14.1 Å². The van der Waals surface area contributed by atoms with Crippen molar-refractivity contribution in [1.29, 1.82) is 0 Å². The van der Waals surface area contributed by atoms with Crippen molar-refractivity contribution < 1.29 is 4.39 Å². The highest BCUT2D eigenvalue weighted by Crippen LogP contribution is 2.56. The average molecular weight is 535 g/mol. The number of aryl methyl sites for hydroxylation is 1. The molecule has 1 spiro atoms. The number of nitrogens with zero attached hydrogens (tertiary/aromatic N) is 7. The van der Waals surface area contributed by atoms with Crippen LogP contribution in [0.1, 0.15) is 54.0 Å². The van der Waals surface area contributed by atoms with Crippen molar-refractivity contribution >= 4 is 17.1 Å². The Morgan fingerprint density at radius 3 is 3.02 bits per heavy atom. The van der Waals surface area contributed by atoms with Gasteiger partial charge in [0.1, 0.15) is 11.5 Å². The number of fused-ring (bicyclic) bond motifs is 1. The summed E-state index contributed by atoms with van der Waals surface area (Å²) in [6.07, 6.45) is 16.8. The third-order valence-corrected chi connectivity index (χ3v) is 9.13. The van der Waals surface area contributed by atoms with Crippen molar-refractivity contribution in [2.75, 3.05) is 13.1 Å². The van der Waals surface area contributed by atoms with Crippen molar-refractivity contribution in [3.05, 3.63) is 101 Å². The molecule has 1 saturated heterocycles. The molecule has 2 aliphatic heterocycles. The number of aromatic nitrogens is 5. The second-order valence-corrected chi connectivity index (χ2v) is 11.7. The fraction of sp³-hybridized carbons (Fsp3) is 0.355. The Balaban J connectivity index is 1.05. The summed E-state index contributed by atoms with van der Waals surface area (Å²) in [6, 6.07) is 9.46. The molecule has 3 atom stereocenters. The van der Waals surface area contributed by atoms with E-state index in [0.717, 1.165) is 78.2 Å². The molecule has 1 aromatic carbocycles. The molecule has 8 nitrogen and oxygen atoms in total. The van der Waals surface area contributed by atoms with Gasteiger partial charge in [-0.15, -0.1) is 5.10 Å². The minimum atomic E-state index is -0.116. The van der Waals surface area contributed by atoms with Gasteiger partial charge in [-0.3, -0.25) is 10.3 Å². The van der Waals surface area contributed by atoms with Gasteiger partial charge >= 0.3 is 0 Å². The zero-order valence-electron chi connectivity index (χ0n) is 22.5. The number of rotatable bonds is 5. The van der Waals surface area contributed by atoms with Crippen molar-refractivity contribution in [3.63, 3.8) is 0 Å². The summed E-state index contributed by atoms with van der Waals surface area (Å²) in [5.41, 5.74) is 11.4. The van der Waals surface area contributed by atoms with Crippen molar-refractivity contribution in [1.82, 2.24) is 34.7 Å². The highest BCUT2D eigenvalue weighted by Gasteiger charge is 2.61. The van der Waals surface area contributed by atoms with Crippen LogP contribution in [0.5, 0.6) is 0 Å². The number of nitrogens with one attached hydrogen (secondary N) is 1. The van der Waals surface area contributed by atoms with E-state index >= 15 is 0 Å². The Hall–Kier alpha value is -4.11. The van der Waals surface area contributed by atoms with Crippen molar-refractivity contribution in [2.24, 2.45) is 11.0 Å². The van der Waals surface area contributed by atoms with Crippen LogP contribution in [0.25, 0.3) is 11.3 Å². The predicted octanol–water partition coefficient (Wildman–Crippen LogP) is 4.69. The van der Waals surface area contributed by atoms with Gasteiger partial charge in [0.15, 0.2) is 0 Å². The molecule has 0 bridgehead atoms. The van der Waals surface area contributed by atoms with Gasteiger partial charge in [0.2, 0.25) is 0 Å². The van der Waals surface area contributed by atoms with Crippen LogP contribution in [0.15, 0.2) is 77.9 Å². The summed E-state index contributed by atoms with van der Waals surface area (Å²) in [4.78, 5) is 6.75. The average Bonchev–Trinajstić information content (AvgIpc) is 3.23. The molecule has 4 aromatic rings. The van der Waals surface area contributed by atoms with E-state index in [-0.39, 0.29) is 17.3 Å². The lowest BCUT2D eigenvalue weighted by Gasteiger charge is -2.24. The number of hydrazone groups is 1. The molecule has 202 valence electrons. The molecule has 8 rings (SSSR count). The normalized spacial score (nSPS) is 25.9. The van der Waals surface area contributed by atoms with Gasteiger partial charge in [-0.1, -0.05) is 29.8 Å². The van der Waals surface area contributed by atoms with Gasteiger partial charge in [0, 0.05) is 60.2 Å². The van der Waals surface area contributed by atoms with E-state index in [4.69, 9.17) is 5.10 Å². The van der Waals surface area contributed by atoms with Crippen LogP contribution in [0, 0.1) is 18.7 Å². The summed E-state index contributed by atoms with van der Waals surface area (Å²) in [6.45, 7) is 4.45. The van der Waals surface area contributed by atoms with Gasteiger partial charge in [0.25, 0.3) is 0 Å². The maximum atomic E-state index is 14.6. The predicted molar refractivity (Wildman–Crippen MR) is 151 cm³/mol. The molecular weight excluding hydrogens is 503 g/mol. The van der Waals surface area contributed by atoms with E-state index in [9.17, 15) is 4.39 Å². The molecule has 2 unspecified atom stereocenters. The Morgan fingerprint density at radius 1 is 1.15 bits per heavy atom. The quantitative estimate of drug-likeness (QED) is 0.402. The molecule has 5 heterocycles. The number of hydrogen-bond acceptors (Lipinski definition) is 6. The van der Waals surface area contributed by atoms with E-state index < -0.39 is 0 Å². The van der Waals surface area contributed by atoms with Crippen LogP contribution in [0.4, 0.5) is 4.39 Å². The van der Waals surface area contributed by atoms with E-state index in [1.807, 2.05) is 40.5 Å². The summed E-state index contributed by atoms with van der Waals surface area (Å²) >= 11 is 0. The van der Waals surface area contributed by atoms with Gasteiger partial charge < -0.3 is 4.40 Å². The van der Waals surface area contributed by atoms with Crippen molar-refractivity contribution in [2.45, 2.75) is 50.6 Å². The fourth-order valence-corrected chi connectivity index (χ4v) is 6.72. The minimum absolute atomic E-state index is 0.0984. The lowest BCUT2D eigenvalue weighted by Crippen LogP contribution is -2.29. The van der Waals surface area contributed by atoms with E-state index in [1.165, 1.54) is 5.57 Å². The lowest BCUT2D eigenvalue weighted by atomic mass is 9.91. The maximum Gasteiger partial charge on any atom is 0.136 e. The summed E-state index contributed by atoms with van der Waals surface area (Å²) in [5.74, 6) is 0.535. The maximum absolute atomic E-state index is 14.6. The number of hydrogen-bond donors (Lipinski definition) is 1. The van der Waals surface area contributed by atoms with Crippen LogP contribution in [0.3, 0.4) is 0 Å². The smallest absolute Gasteiger partial charge is 0.136 e. The molecule has 1 N–H and O–H groups in total. The molecule has 2 fully saturated rings. The summed E-state index contributed by atoms with van der Waals surface area (Å²) in [5, 5.41) is 14.0. The summed E-state index contributed by atoms with van der Waals surface area (Å²) < 4.78 is 18.5. The largest absolute Gasteiger partial charge is 0.306 e. The molecule has 9 heteroatoms. The second-order valence-electron chi connectivity index (χ2n) is 11.7. The van der Waals surface area contributed by atoms with Crippen LogP contribution in [-0.2, 0) is 6.54 Å². The first-order valence-corrected chi connectivity index (χ1v) is 14.2. The van der Waals surface area contributed by atoms with Gasteiger partial charge in [-0.05, 0) is 62.6 Å². The number of allylic oxidation sites excluding steroid dienone is 2. The molecule has 1 saturated carbocycles. The monoisotopic (exact) mass is 534 g/mol. The van der Waals surface area contributed by atoms with E-state index in [2.05, 4.69) is 56.2 Å². The topological polar surface area (TPSA) is 75.6 Å². The molecule has 3 aromatic heterocycles. The summed E-state index contributed by atoms with van der Waals surface area (Å²) in [7, 11) is 0. The zero-order chi connectivity index (χ0) is 26.8. The third kappa shape index (κ3) is 3.83. The standard InChI is InChI=1S/C31H31FN8/c1-20-5-4-7-27(32)25(20)18-38-11-3-2-6-21(16-38)28-19-40(37-34-28)24-13-23-15-31(23)26(14-24)30(35-36-31)22-8-9-29-33-10-12-39(29)17-22/h4-5,7-10,12-14,17,19,21,23,36H,2-3,6,11,15-16,18H2,1H3/t21-,23?,31?/m1/s1. The SMILES string of the molecule is Cc1cccc(F)c1CN1CCCC[C@@H](c2cn(C3=CC4CC45NN=C(c4ccc6nccn6c4)C5=C3)nn2)C1. The molecule has 4 aliphatic rings. The van der Waals surface area contributed by atoms with Crippen LogP contribution >= 0.6 is 0 Å². The molecule has 0 amide bonds. The van der Waals surface area contributed by atoms with Crippen LogP contribution in [0.2, 0.25) is 0 Å². The van der Waals surface area contributed by atoms with E-state index in [1.54, 1.807) is 12.1 Å². The van der Waals surface area contributed by atoms with Gasteiger partial charge in [0.05, 0.1) is 28.8 Å². The zero-order valence-corrected chi connectivity index (χ0v) is 22.5. The Labute approximate surface area is 231 Å². The highest BCUT2D eigenvalue weighted by atomic mass is 19.1. The third-order valence-electron chi connectivity index (χ3n) is 9.13. The number of halogens is 1. The molecule has 2 aliphatic carbocycles.